The van der Waals surface area contributed by atoms with Crippen molar-refractivity contribution in [2.75, 3.05) is 18.4 Å². The van der Waals surface area contributed by atoms with Crippen molar-refractivity contribution in [2.45, 2.75) is 44.0 Å². The van der Waals surface area contributed by atoms with Crippen molar-refractivity contribution in [1.29, 1.82) is 0 Å². The van der Waals surface area contributed by atoms with Gasteiger partial charge in [-0.2, -0.15) is 0 Å². The highest BCUT2D eigenvalue weighted by Gasteiger charge is 2.28. The molecule has 10 heteroatoms. The van der Waals surface area contributed by atoms with Gasteiger partial charge in [0.2, 0.25) is 15.9 Å². The van der Waals surface area contributed by atoms with Gasteiger partial charge in [0.25, 0.3) is 0 Å². The predicted octanol–water partition coefficient (Wildman–Crippen LogP) is 2.40. The van der Waals surface area contributed by atoms with E-state index in [0.717, 1.165) is 6.07 Å². The zero-order valence-corrected chi connectivity index (χ0v) is 16.5. The fraction of sp³-hybridized carbons (Fsp3) is 0.562. The number of piperidine rings is 1. The molecule has 0 unspecified atom stereocenters. The average Bonchev–Trinajstić information content (AvgIpc) is 2.48. The van der Waals surface area contributed by atoms with Crippen LogP contribution in [0.5, 0.6) is 0 Å². The third kappa shape index (κ3) is 5.87. The van der Waals surface area contributed by atoms with Crippen molar-refractivity contribution in [3.63, 3.8) is 0 Å². The molecule has 1 amide bonds. The number of amides is 1. The number of sulfonamides is 1. The normalized spacial score (nSPS) is 16.0. The van der Waals surface area contributed by atoms with Crippen molar-refractivity contribution < 1.29 is 22.0 Å². The van der Waals surface area contributed by atoms with Gasteiger partial charge in [-0.1, -0.05) is 0 Å². The van der Waals surface area contributed by atoms with Gasteiger partial charge in [0.15, 0.2) is 0 Å². The summed E-state index contributed by atoms with van der Waals surface area (Å²) in [4.78, 5) is 11.5. The maximum Gasteiger partial charge on any atom is 0.244 e. The fourth-order valence-electron chi connectivity index (χ4n) is 2.61. The predicted molar refractivity (Wildman–Crippen MR) is 97.9 cm³/mol. The van der Waals surface area contributed by atoms with Crippen molar-refractivity contribution >= 4 is 34.0 Å². The van der Waals surface area contributed by atoms with E-state index in [-0.39, 0.29) is 24.0 Å². The minimum Gasteiger partial charge on any atom is -0.323 e. The second-order valence-electron chi connectivity index (χ2n) is 7.13. The molecule has 0 aliphatic carbocycles. The van der Waals surface area contributed by atoms with Crippen LogP contribution in [-0.2, 0) is 14.8 Å². The van der Waals surface area contributed by atoms with Gasteiger partial charge in [0.05, 0.1) is 5.69 Å². The Bertz CT molecular complexity index is 761. The van der Waals surface area contributed by atoms with E-state index in [1.54, 1.807) is 20.8 Å². The molecule has 1 fully saturated rings. The van der Waals surface area contributed by atoms with Crippen molar-refractivity contribution in [3.8, 4) is 0 Å². The molecule has 6 nitrogen and oxygen atoms in total. The summed E-state index contributed by atoms with van der Waals surface area (Å²) < 4.78 is 55.0. The van der Waals surface area contributed by atoms with Gasteiger partial charge in [-0.05, 0) is 52.8 Å². The molecule has 1 aliphatic rings. The molecule has 1 aromatic carbocycles. The van der Waals surface area contributed by atoms with Gasteiger partial charge >= 0.3 is 0 Å². The van der Waals surface area contributed by atoms with Crippen LogP contribution >= 0.6 is 12.4 Å². The highest BCUT2D eigenvalue weighted by Crippen LogP contribution is 2.25. The van der Waals surface area contributed by atoms with Crippen LogP contribution in [-0.4, -0.2) is 33.0 Å². The van der Waals surface area contributed by atoms with E-state index < -0.39 is 38.0 Å². The molecule has 0 saturated carbocycles. The summed E-state index contributed by atoms with van der Waals surface area (Å²) in [6.07, 6.45) is 1.21. The number of anilines is 1. The minimum absolute atomic E-state index is 0. The van der Waals surface area contributed by atoms with Gasteiger partial charge in [-0.15, -0.1) is 12.4 Å². The number of carbonyl (C=O) groups excluding carboxylic acids is 1. The van der Waals surface area contributed by atoms with Gasteiger partial charge in [0, 0.05) is 17.5 Å². The van der Waals surface area contributed by atoms with Crippen LogP contribution in [0.15, 0.2) is 17.0 Å². The topological polar surface area (TPSA) is 87.3 Å². The lowest BCUT2D eigenvalue weighted by Gasteiger charge is -2.23. The molecule has 26 heavy (non-hydrogen) atoms. The second kappa shape index (κ2) is 8.60. The van der Waals surface area contributed by atoms with Crippen LogP contribution in [0.1, 0.15) is 33.6 Å². The maximum absolute atomic E-state index is 14.0. The van der Waals surface area contributed by atoms with Crippen molar-refractivity contribution in [2.24, 2.45) is 5.92 Å². The lowest BCUT2D eigenvalue weighted by Crippen LogP contribution is -2.40. The Labute approximate surface area is 158 Å². The molecule has 1 aliphatic heterocycles. The molecule has 0 aromatic heterocycles. The smallest absolute Gasteiger partial charge is 0.244 e. The molecule has 0 spiro atoms. The number of halogens is 3. The summed E-state index contributed by atoms with van der Waals surface area (Å²) in [6, 6.07) is 1.28. The van der Waals surface area contributed by atoms with Crippen LogP contribution in [0, 0.1) is 17.6 Å². The first-order valence-corrected chi connectivity index (χ1v) is 9.52. The highest BCUT2D eigenvalue weighted by atomic mass is 35.5. The number of hydrogen-bond donors (Lipinski definition) is 3. The number of carbonyl (C=O) groups is 1. The maximum atomic E-state index is 14.0. The van der Waals surface area contributed by atoms with Crippen LogP contribution in [0.3, 0.4) is 0 Å². The largest absolute Gasteiger partial charge is 0.323 e. The zero-order chi connectivity index (χ0) is 18.8. The van der Waals surface area contributed by atoms with E-state index in [9.17, 15) is 22.0 Å². The summed E-state index contributed by atoms with van der Waals surface area (Å²) in [5, 5.41) is 5.49. The summed E-state index contributed by atoms with van der Waals surface area (Å²) in [6.45, 7) is 6.17. The molecule has 1 heterocycles. The van der Waals surface area contributed by atoms with Gasteiger partial charge in [-0.3, -0.25) is 4.79 Å². The first kappa shape index (κ1) is 22.8. The van der Waals surface area contributed by atoms with Gasteiger partial charge in [-0.25, -0.2) is 21.9 Å². The molecule has 148 valence electrons. The molecule has 0 radical (unpaired) electrons. The molecule has 0 bridgehead atoms. The summed E-state index contributed by atoms with van der Waals surface area (Å²) in [5.41, 5.74) is -1.18. The first-order valence-electron chi connectivity index (χ1n) is 8.04. The Morgan fingerprint density at radius 1 is 1.15 bits per heavy atom. The Hall–Kier alpha value is -1.29. The highest BCUT2D eigenvalue weighted by molar-refractivity contribution is 7.89. The van der Waals surface area contributed by atoms with Gasteiger partial charge < -0.3 is 10.6 Å². The third-order valence-corrected chi connectivity index (χ3v) is 5.49. The van der Waals surface area contributed by atoms with Crippen LogP contribution < -0.4 is 15.4 Å². The monoisotopic (exact) mass is 411 g/mol. The van der Waals surface area contributed by atoms with Crippen molar-refractivity contribution in [3.05, 3.63) is 23.8 Å². The van der Waals surface area contributed by atoms with Crippen molar-refractivity contribution in [1.82, 2.24) is 10.0 Å². The Kier molecular flexibility index (Phi) is 7.52. The molecular formula is C16H24ClF2N3O3S. The fourth-order valence-corrected chi connectivity index (χ4v) is 4.11. The lowest BCUT2D eigenvalue weighted by atomic mass is 9.97. The molecule has 1 aromatic rings. The molecule has 0 atom stereocenters. The Morgan fingerprint density at radius 3 is 2.27 bits per heavy atom. The lowest BCUT2D eigenvalue weighted by molar-refractivity contribution is -0.120. The van der Waals surface area contributed by atoms with Crippen LogP contribution in [0.25, 0.3) is 0 Å². The Morgan fingerprint density at radius 2 is 1.73 bits per heavy atom. The quantitative estimate of drug-likeness (QED) is 0.710. The van der Waals surface area contributed by atoms with E-state index >= 15 is 0 Å². The minimum atomic E-state index is -4.20. The number of nitrogens with one attached hydrogen (secondary N) is 3. The summed E-state index contributed by atoms with van der Waals surface area (Å²) in [7, 11) is -4.20. The van der Waals surface area contributed by atoms with E-state index in [2.05, 4.69) is 15.4 Å². The summed E-state index contributed by atoms with van der Waals surface area (Å²) in [5.74, 6) is -2.93. The van der Waals surface area contributed by atoms with Crippen LogP contribution in [0.2, 0.25) is 0 Å². The number of hydrogen-bond acceptors (Lipinski definition) is 4. The van der Waals surface area contributed by atoms with E-state index in [0.29, 0.717) is 32.0 Å². The second-order valence-corrected chi connectivity index (χ2v) is 8.78. The van der Waals surface area contributed by atoms with E-state index in [4.69, 9.17) is 0 Å². The number of rotatable bonds is 4. The number of benzene rings is 1. The van der Waals surface area contributed by atoms with Crippen LogP contribution in [0.4, 0.5) is 14.5 Å². The Balaban J connectivity index is 0.00000338. The van der Waals surface area contributed by atoms with E-state index in [1.807, 2.05) is 0 Å². The molecule has 2 rings (SSSR count). The summed E-state index contributed by atoms with van der Waals surface area (Å²) >= 11 is 0. The van der Waals surface area contributed by atoms with E-state index in [1.165, 1.54) is 0 Å². The SMILES string of the molecule is CC(C)(C)NS(=O)(=O)c1cc(NC(=O)C2CCNCC2)c(F)cc1F.Cl. The molecule has 1 saturated heterocycles. The molecular weight excluding hydrogens is 388 g/mol. The van der Waals surface area contributed by atoms with Gasteiger partial charge in [0.1, 0.15) is 16.5 Å². The first-order chi connectivity index (χ1) is 11.5. The standard InChI is InChI=1S/C16H23F2N3O3S.ClH/c1-16(2,3)21-25(23,24)14-9-13(11(17)8-12(14)18)20-15(22)10-4-6-19-7-5-10;/h8-10,19,21H,4-7H2,1-3H3,(H,20,22);1H. The molecule has 3 N–H and O–H groups in total. The average molecular weight is 412 g/mol. The zero-order valence-electron chi connectivity index (χ0n) is 14.9. The third-order valence-electron chi connectivity index (χ3n) is 3.72.